The predicted molar refractivity (Wildman–Crippen MR) is 88.5 cm³/mol. The number of hydrogen-bond donors (Lipinski definition) is 2. The third-order valence-corrected chi connectivity index (χ3v) is 4.31. The Morgan fingerprint density at radius 2 is 2.23 bits per heavy atom. The lowest BCUT2D eigenvalue weighted by atomic mass is 10.1. The Morgan fingerprint density at radius 1 is 1.41 bits per heavy atom. The Bertz CT molecular complexity index is 747. The molecule has 1 amide bonds. The Kier molecular flexibility index (Phi) is 4.38. The number of H-pyrrole nitrogens is 1. The Hall–Kier alpha value is -1.95. The zero-order chi connectivity index (χ0) is 15.5. The maximum Gasteiger partial charge on any atom is 0.244 e. The molecule has 6 heteroatoms. The zero-order valence-electron chi connectivity index (χ0n) is 12.7. The molecule has 0 bridgehead atoms. The number of nitrogens with one attached hydrogen (secondary N) is 2. The number of hydrogen-bond acceptors (Lipinski definition) is 3. The molecule has 0 unspecified atom stereocenters. The van der Waals surface area contributed by atoms with Crippen LogP contribution in [0.3, 0.4) is 0 Å². The summed E-state index contributed by atoms with van der Waals surface area (Å²) >= 11 is 5.20. The van der Waals surface area contributed by atoms with Gasteiger partial charge in [0, 0.05) is 12.1 Å². The number of aromatic nitrogens is 3. The second-order valence-corrected chi connectivity index (χ2v) is 6.05. The van der Waals surface area contributed by atoms with Crippen LogP contribution in [0.25, 0.3) is 0 Å². The van der Waals surface area contributed by atoms with E-state index in [0.717, 1.165) is 37.2 Å². The van der Waals surface area contributed by atoms with E-state index in [2.05, 4.69) is 34.6 Å². The molecule has 1 heterocycles. The third kappa shape index (κ3) is 3.11. The summed E-state index contributed by atoms with van der Waals surface area (Å²) in [6.07, 6.45) is 5.23. The molecule has 0 fully saturated rings. The van der Waals surface area contributed by atoms with Gasteiger partial charge < -0.3 is 5.32 Å². The highest BCUT2D eigenvalue weighted by molar-refractivity contribution is 7.71. The number of carbonyl (C=O) groups excluding carboxylic acids is 1. The number of aromatic amines is 1. The monoisotopic (exact) mass is 316 g/mol. The SMILES string of the molecule is CCCc1n[nH]c(=S)n1CC(=O)Nc1ccc2c(c1)CCC2. The third-order valence-electron chi connectivity index (χ3n) is 3.99. The molecule has 0 saturated carbocycles. The van der Waals surface area contributed by atoms with Gasteiger partial charge >= 0.3 is 0 Å². The largest absolute Gasteiger partial charge is 0.325 e. The second-order valence-electron chi connectivity index (χ2n) is 5.67. The first-order chi connectivity index (χ1) is 10.7. The van der Waals surface area contributed by atoms with Crippen molar-refractivity contribution >= 4 is 23.8 Å². The van der Waals surface area contributed by atoms with Gasteiger partial charge in [-0.05, 0) is 61.2 Å². The van der Waals surface area contributed by atoms with E-state index < -0.39 is 0 Å². The van der Waals surface area contributed by atoms with Gasteiger partial charge in [0.1, 0.15) is 12.4 Å². The molecule has 1 aliphatic rings. The first-order valence-electron chi connectivity index (χ1n) is 7.73. The quantitative estimate of drug-likeness (QED) is 0.834. The standard InChI is InChI=1S/C16H20N4OS/c1-2-4-14-18-19-16(22)20(14)10-15(21)17-13-8-7-11-5-3-6-12(11)9-13/h7-9H,2-6,10H2,1H3,(H,17,21)(H,19,22). The minimum Gasteiger partial charge on any atom is -0.325 e. The van der Waals surface area contributed by atoms with E-state index >= 15 is 0 Å². The number of rotatable bonds is 5. The van der Waals surface area contributed by atoms with E-state index in [9.17, 15) is 4.79 Å². The Labute approximate surface area is 134 Å². The van der Waals surface area contributed by atoms with Crippen LogP contribution in [0, 0.1) is 4.77 Å². The van der Waals surface area contributed by atoms with Crippen LogP contribution in [0.15, 0.2) is 18.2 Å². The van der Waals surface area contributed by atoms with Crippen LogP contribution in [0.5, 0.6) is 0 Å². The van der Waals surface area contributed by atoms with Crippen molar-refractivity contribution in [1.29, 1.82) is 0 Å². The van der Waals surface area contributed by atoms with Gasteiger partial charge in [-0.2, -0.15) is 5.10 Å². The number of fused-ring (bicyclic) bond motifs is 1. The number of amides is 1. The van der Waals surface area contributed by atoms with Crippen LogP contribution >= 0.6 is 12.2 Å². The fourth-order valence-electron chi connectivity index (χ4n) is 2.92. The van der Waals surface area contributed by atoms with E-state index in [1.807, 2.05) is 6.07 Å². The van der Waals surface area contributed by atoms with Crippen molar-refractivity contribution < 1.29 is 4.79 Å². The summed E-state index contributed by atoms with van der Waals surface area (Å²) in [5.74, 6) is 0.754. The molecule has 3 rings (SSSR count). The van der Waals surface area contributed by atoms with Gasteiger partial charge in [0.15, 0.2) is 4.77 Å². The van der Waals surface area contributed by atoms with E-state index in [0.29, 0.717) is 4.77 Å². The molecule has 116 valence electrons. The van der Waals surface area contributed by atoms with Crippen molar-refractivity contribution in [3.8, 4) is 0 Å². The molecule has 1 aliphatic carbocycles. The van der Waals surface area contributed by atoms with Crippen LogP contribution in [0.4, 0.5) is 5.69 Å². The number of benzene rings is 1. The molecule has 5 nitrogen and oxygen atoms in total. The number of aryl methyl sites for hydroxylation is 3. The first-order valence-corrected chi connectivity index (χ1v) is 8.14. The highest BCUT2D eigenvalue weighted by atomic mass is 32.1. The number of nitrogens with zero attached hydrogens (tertiary/aromatic N) is 2. The lowest BCUT2D eigenvalue weighted by Crippen LogP contribution is -2.20. The maximum atomic E-state index is 12.3. The van der Waals surface area contributed by atoms with E-state index in [-0.39, 0.29) is 12.5 Å². The van der Waals surface area contributed by atoms with Crippen LogP contribution in [-0.4, -0.2) is 20.7 Å². The summed E-state index contributed by atoms with van der Waals surface area (Å²) in [5.41, 5.74) is 3.61. The molecule has 0 saturated heterocycles. The molecule has 0 atom stereocenters. The Balaban J connectivity index is 1.70. The van der Waals surface area contributed by atoms with Gasteiger partial charge in [-0.25, -0.2) is 0 Å². The molecule has 0 radical (unpaired) electrons. The van der Waals surface area contributed by atoms with Crippen LogP contribution in [-0.2, 0) is 30.6 Å². The molecule has 22 heavy (non-hydrogen) atoms. The lowest BCUT2D eigenvalue weighted by molar-refractivity contribution is -0.116. The zero-order valence-corrected chi connectivity index (χ0v) is 13.5. The topological polar surface area (TPSA) is 62.7 Å². The second kappa shape index (κ2) is 6.44. The summed E-state index contributed by atoms with van der Waals surface area (Å²) in [5, 5.41) is 9.90. The molecular weight excluding hydrogens is 296 g/mol. The van der Waals surface area contributed by atoms with Crippen LogP contribution < -0.4 is 5.32 Å². The molecular formula is C16H20N4OS. The van der Waals surface area contributed by atoms with Crippen molar-refractivity contribution in [1.82, 2.24) is 14.8 Å². The van der Waals surface area contributed by atoms with Crippen molar-refractivity contribution in [3.63, 3.8) is 0 Å². The summed E-state index contributed by atoms with van der Waals surface area (Å²) in [7, 11) is 0. The maximum absolute atomic E-state index is 12.3. The van der Waals surface area contributed by atoms with Crippen LogP contribution in [0.2, 0.25) is 0 Å². The lowest BCUT2D eigenvalue weighted by Gasteiger charge is -2.09. The smallest absolute Gasteiger partial charge is 0.244 e. The molecule has 0 aliphatic heterocycles. The van der Waals surface area contributed by atoms with E-state index in [1.54, 1.807) is 4.57 Å². The molecule has 2 N–H and O–H groups in total. The average molecular weight is 316 g/mol. The fourth-order valence-corrected chi connectivity index (χ4v) is 3.14. The fraction of sp³-hybridized carbons (Fsp3) is 0.438. The highest BCUT2D eigenvalue weighted by Gasteiger charge is 2.13. The number of anilines is 1. The van der Waals surface area contributed by atoms with Crippen molar-refractivity contribution in [2.24, 2.45) is 0 Å². The van der Waals surface area contributed by atoms with Crippen molar-refractivity contribution in [2.45, 2.75) is 45.6 Å². The highest BCUT2D eigenvalue weighted by Crippen LogP contribution is 2.24. The summed E-state index contributed by atoms with van der Waals surface area (Å²) in [6.45, 7) is 2.27. The van der Waals surface area contributed by atoms with Crippen LogP contribution in [0.1, 0.15) is 36.7 Å². The minimum atomic E-state index is -0.0761. The van der Waals surface area contributed by atoms with Gasteiger partial charge in [0.2, 0.25) is 5.91 Å². The van der Waals surface area contributed by atoms with Gasteiger partial charge in [0.05, 0.1) is 0 Å². The average Bonchev–Trinajstić information content (AvgIpc) is 3.08. The number of carbonyl (C=O) groups is 1. The van der Waals surface area contributed by atoms with Crippen molar-refractivity contribution in [3.05, 3.63) is 39.9 Å². The molecule has 0 spiro atoms. The van der Waals surface area contributed by atoms with Gasteiger partial charge in [-0.15, -0.1) is 0 Å². The first kappa shape index (κ1) is 15.0. The molecule has 1 aromatic heterocycles. The summed E-state index contributed by atoms with van der Waals surface area (Å²) in [4.78, 5) is 12.3. The van der Waals surface area contributed by atoms with Gasteiger partial charge in [-0.3, -0.25) is 14.5 Å². The minimum absolute atomic E-state index is 0.0761. The normalized spacial score (nSPS) is 13.1. The molecule has 2 aromatic rings. The summed E-state index contributed by atoms with van der Waals surface area (Å²) in [6, 6.07) is 6.18. The van der Waals surface area contributed by atoms with E-state index in [4.69, 9.17) is 12.2 Å². The summed E-state index contributed by atoms with van der Waals surface area (Å²) < 4.78 is 2.26. The van der Waals surface area contributed by atoms with E-state index in [1.165, 1.54) is 17.5 Å². The molecule has 1 aromatic carbocycles. The Morgan fingerprint density at radius 3 is 3.05 bits per heavy atom. The predicted octanol–water partition coefficient (Wildman–Crippen LogP) is 3.02. The van der Waals surface area contributed by atoms with Gasteiger partial charge in [-0.1, -0.05) is 13.0 Å². The van der Waals surface area contributed by atoms with Crippen molar-refractivity contribution in [2.75, 3.05) is 5.32 Å². The van der Waals surface area contributed by atoms with Gasteiger partial charge in [0.25, 0.3) is 0 Å².